The molecule has 4 heteroatoms. The summed E-state index contributed by atoms with van der Waals surface area (Å²) in [4.78, 5) is 0. The van der Waals surface area contributed by atoms with E-state index < -0.39 is 14.0 Å². The Labute approximate surface area is 177 Å². The van der Waals surface area contributed by atoms with E-state index in [9.17, 15) is 0 Å². The van der Waals surface area contributed by atoms with E-state index in [0.29, 0.717) is 0 Å². The van der Waals surface area contributed by atoms with E-state index in [2.05, 4.69) is 57.9 Å². The van der Waals surface area contributed by atoms with Gasteiger partial charge in [0.25, 0.3) is 0 Å². The summed E-state index contributed by atoms with van der Waals surface area (Å²) in [7, 11) is 2.43. The predicted octanol–water partition coefficient (Wildman–Crippen LogP) is 7.75. The van der Waals surface area contributed by atoms with Crippen molar-refractivity contribution in [3.8, 4) is 0 Å². The molecular formula is C22H40Cl2SiTi. The van der Waals surface area contributed by atoms with Crippen molar-refractivity contribution in [2.45, 2.75) is 89.5 Å². The van der Waals surface area contributed by atoms with Gasteiger partial charge in [0.15, 0.2) is 0 Å². The van der Waals surface area contributed by atoms with Crippen LogP contribution in [0.15, 0.2) is 42.2 Å². The molecule has 150 valence electrons. The molecule has 2 aliphatic carbocycles. The summed E-state index contributed by atoms with van der Waals surface area (Å²) in [5.74, 6) is 0. The Bertz CT molecular complexity index is 648. The van der Waals surface area contributed by atoms with Gasteiger partial charge in [-0.2, -0.15) is 0 Å². The molecule has 0 bridgehead atoms. The van der Waals surface area contributed by atoms with Gasteiger partial charge < -0.3 is 0 Å². The van der Waals surface area contributed by atoms with E-state index in [4.69, 9.17) is 0 Å². The Balaban J connectivity index is 0.00000312. The Morgan fingerprint density at radius 2 is 1.12 bits per heavy atom. The summed E-state index contributed by atoms with van der Waals surface area (Å²) in [6.45, 7) is 9.35. The minimum absolute atomic E-state index is 0. The van der Waals surface area contributed by atoms with Gasteiger partial charge in [0, 0.05) is 0 Å². The average Bonchev–Trinajstić information content (AvgIpc) is 3.12. The zero-order valence-corrected chi connectivity index (χ0v) is 22.4. The Morgan fingerprint density at radius 3 is 1.38 bits per heavy atom. The molecule has 0 spiro atoms. The van der Waals surface area contributed by atoms with Gasteiger partial charge in [-0.3, -0.25) is 0 Å². The SMILES string of the molecule is CCCC1=CC(CC)=[C]([Ti]([CH3])([CH3])(=[SiH2])[C]2=C(CC)C=C(CCC)C2)C1.Cl.Cl. The van der Waals surface area contributed by atoms with Gasteiger partial charge in [-0.1, -0.05) is 0 Å². The molecule has 0 amide bonds. The molecular weight excluding hydrogens is 411 g/mol. The van der Waals surface area contributed by atoms with Gasteiger partial charge in [0.2, 0.25) is 0 Å². The summed E-state index contributed by atoms with van der Waals surface area (Å²) in [6.07, 6.45) is 15.3. The van der Waals surface area contributed by atoms with E-state index in [1.165, 1.54) is 51.4 Å². The number of hydrogen-bond donors (Lipinski definition) is 0. The van der Waals surface area contributed by atoms with Crippen LogP contribution >= 0.6 is 24.8 Å². The van der Waals surface area contributed by atoms with Crippen molar-refractivity contribution < 1.29 is 14.0 Å². The zero-order chi connectivity index (χ0) is 18.0. The summed E-state index contributed by atoms with van der Waals surface area (Å²) in [5, 5.41) is 5.41. The first-order valence-corrected chi connectivity index (χ1v) is 18.9. The summed E-state index contributed by atoms with van der Waals surface area (Å²) < 4.78 is 3.78. The van der Waals surface area contributed by atoms with Crippen LogP contribution in [0.3, 0.4) is 0 Å². The van der Waals surface area contributed by atoms with Crippen LogP contribution in [0.2, 0.25) is 10.5 Å². The molecule has 0 heterocycles. The molecule has 26 heavy (non-hydrogen) atoms. The zero-order valence-electron chi connectivity index (χ0n) is 17.8. The van der Waals surface area contributed by atoms with E-state index in [1.54, 1.807) is 22.3 Å². The molecule has 0 aromatic heterocycles. The molecule has 0 N–H and O–H groups in total. The fraction of sp³-hybridized carbons (Fsp3) is 0.636. The molecule has 0 unspecified atom stereocenters. The van der Waals surface area contributed by atoms with Crippen LogP contribution in [0, 0.1) is 0 Å². The van der Waals surface area contributed by atoms with Crippen LogP contribution in [-0.2, 0) is 14.0 Å². The van der Waals surface area contributed by atoms with Gasteiger partial charge in [0.05, 0.1) is 0 Å². The summed E-state index contributed by atoms with van der Waals surface area (Å²) in [6, 6.07) is 0. The number of hydrogen-bond acceptors (Lipinski definition) is 0. The Morgan fingerprint density at radius 1 is 0.769 bits per heavy atom. The molecule has 0 aliphatic heterocycles. The number of halogens is 2. The van der Waals surface area contributed by atoms with Gasteiger partial charge >= 0.3 is 153 Å². The van der Waals surface area contributed by atoms with Crippen LogP contribution < -0.4 is 0 Å². The number of rotatable bonds is 8. The van der Waals surface area contributed by atoms with Crippen molar-refractivity contribution >= 4 is 32.4 Å². The van der Waals surface area contributed by atoms with Crippen LogP contribution in [0.5, 0.6) is 0 Å². The van der Waals surface area contributed by atoms with Crippen molar-refractivity contribution in [2.24, 2.45) is 0 Å². The Hall–Kier alpha value is 0.471. The van der Waals surface area contributed by atoms with E-state index in [0.717, 1.165) is 0 Å². The Kier molecular flexibility index (Phi) is 10.5. The third-order valence-corrected chi connectivity index (χ3v) is 17.3. The fourth-order valence-corrected chi connectivity index (χ4v) is 14.8. The first-order valence-electron chi connectivity index (χ1n) is 10.2. The van der Waals surface area contributed by atoms with E-state index in [1.807, 2.05) is 7.76 Å². The molecule has 0 saturated heterocycles. The van der Waals surface area contributed by atoms with Gasteiger partial charge in [-0.05, 0) is 0 Å². The molecule has 0 saturated carbocycles. The van der Waals surface area contributed by atoms with E-state index >= 15 is 0 Å². The standard InChI is InChI=1S/2C10H15.2CH3.2ClH.H2Si.Ti/c2*1-3-5-10-7-6-9(4-2)8-10;;;;;;/h2*8H,3-5,7H2,1-2H3;2*1H3;2*1H;1H2;. The van der Waals surface area contributed by atoms with Gasteiger partial charge in [0.1, 0.15) is 0 Å². The first-order chi connectivity index (χ1) is 11.3. The maximum absolute atomic E-state index is 2.77. The topological polar surface area (TPSA) is 0 Å². The quantitative estimate of drug-likeness (QED) is 0.331. The van der Waals surface area contributed by atoms with Crippen molar-refractivity contribution in [2.75, 3.05) is 0 Å². The molecule has 0 fully saturated rings. The second-order valence-electron chi connectivity index (χ2n) is 8.86. The smallest absolute Gasteiger partial charge is 0.147 e. The minimum Gasteiger partial charge on any atom is -0.147 e. The molecule has 2 aliphatic rings. The van der Waals surface area contributed by atoms with Crippen molar-refractivity contribution in [3.63, 3.8) is 0 Å². The van der Waals surface area contributed by atoms with Crippen molar-refractivity contribution in [1.82, 2.24) is 0 Å². The molecule has 0 radical (unpaired) electrons. The third-order valence-electron chi connectivity index (χ3n) is 6.18. The summed E-state index contributed by atoms with van der Waals surface area (Å²) in [5.41, 5.74) is 6.80. The van der Waals surface area contributed by atoms with Gasteiger partial charge in [-0.25, -0.2) is 0 Å². The number of allylic oxidation sites excluding steroid dienone is 8. The molecule has 0 aromatic carbocycles. The fourth-order valence-electron chi connectivity index (χ4n) is 4.82. The third kappa shape index (κ3) is 5.29. The predicted molar refractivity (Wildman–Crippen MR) is 125 cm³/mol. The monoisotopic (exact) mass is 450 g/mol. The summed E-state index contributed by atoms with van der Waals surface area (Å²) >= 11 is -2.77. The van der Waals surface area contributed by atoms with Crippen LogP contribution in [0.1, 0.15) is 79.1 Å². The van der Waals surface area contributed by atoms with Crippen LogP contribution in [0.25, 0.3) is 0 Å². The molecule has 0 aromatic rings. The minimum atomic E-state index is -2.77. The van der Waals surface area contributed by atoms with Gasteiger partial charge in [-0.15, -0.1) is 24.8 Å². The maximum atomic E-state index is 2.71. The largest absolute Gasteiger partial charge is 0.147 e. The van der Waals surface area contributed by atoms with Crippen molar-refractivity contribution in [3.05, 3.63) is 42.2 Å². The normalized spacial score (nSPS) is 17.8. The van der Waals surface area contributed by atoms with E-state index in [-0.39, 0.29) is 24.8 Å². The van der Waals surface area contributed by atoms with Crippen LogP contribution in [-0.4, -0.2) is 7.63 Å². The maximum Gasteiger partial charge on any atom is -0.147 e. The molecule has 2 rings (SSSR count). The first kappa shape index (κ1) is 26.5. The second-order valence-corrected chi connectivity index (χ2v) is 27.9. The van der Waals surface area contributed by atoms with Crippen molar-refractivity contribution in [1.29, 1.82) is 0 Å². The van der Waals surface area contributed by atoms with Crippen LogP contribution in [0.4, 0.5) is 0 Å². The molecule has 0 atom stereocenters. The average molecular weight is 451 g/mol. The second kappa shape index (κ2) is 10.3. The molecule has 0 nitrogen and oxygen atoms in total.